The van der Waals surface area contributed by atoms with Crippen LogP contribution in [0.5, 0.6) is 5.75 Å². The Bertz CT molecular complexity index is 1510. The number of ether oxygens (including phenoxy) is 2. The number of carbonyl (C=O) groups is 3. The average Bonchev–Trinajstić information content (AvgIpc) is 3.07. The van der Waals surface area contributed by atoms with Gasteiger partial charge in [0, 0.05) is 44.0 Å². The van der Waals surface area contributed by atoms with Crippen LogP contribution in [0, 0.1) is 11.7 Å². The standard InChI is InChI=1S/C37H47FN4O6/c1-25-22-42(26(2)24-43)36(45)32-21-31(39-35(44)20-28-11-6-5-7-12-28)17-18-33(32)48-27(3)10-8-9-19-47-34(25)23-41(4)37(46)40-30-15-13-29(38)14-16-30/h5-7,11-18,21,25-27,34,43H,8-10,19-20,22-24H2,1-4H3,(H,39,44)(H,40,46)/t25-,26-,27+,34+/m1/s1. The van der Waals surface area contributed by atoms with Gasteiger partial charge in [-0.05, 0) is 81.1 Å². The minimum absolute atomic E-state index is 0.183. The van der Waals surface area contributed by atoms with Crippen molar-refractivity contribution in [3.63, 3.8) is 0 Å². The maximum absolute atomic E-state index is 14.3. The van der Waals surface area contributed by atoms with Crippen LogP contribution in [-0.4, -0.2) is 84.4 Å². The number of hydrogen-bond acceptors (Lipinski definition) is 6. The Balaban J connectivity index is 1.57. The van der Waals surface area contributed by atoms with Gasteiger partial charge in [-0.25, -0.2) is 9.18 Å². The number of nitrogens with one attached hydrogen (secondary N) is 2. The second kappa shape index (κ2) is 17.6. The molecule has 10 nitrogen and oxygen atoms in total. The Morgan fingerprint density at radius 3 is 2.44 bits per heavy atom. The first-order valence-corrected chi connectivity index (χ1v) is 16.5. The quantitative estimate of drug-likeness (QED) is 0.274. The highest BCUT2D eigenvalue weighted by Gasteiger charge is 2.31. The van der Waals surface area contributed by atoms with Gasteiger partial charge in [-0.1, -0.05) is 37.3 Å². The molecule has 4 rings (SSSR count). The lowest BCUT2D eigenvalue weighted by molar-refractivity contribution is -0.115. The maximum atomic E-state index is 14.3. The fourth-order valence-corrected chi connectivity index (χ4v) is 5.55. The molecule has 0 fully saturated rings. The fourth-order valence-electron chi connectivity index (χ4n) is 5.55. The van der Waals surface area contributed by atoms with Crippen molar-refractivity contribution >= 4 is 29.2 Å². The second-order valence-corrected chi connectivity index (χ2v) is 12.5. The third-order valence-corrected chi connectivity index (χ3v) is 8.44. The number of aliphatic hydroxyl groups is 1. The first-order chi connectivity index (χ1) is 23.0. The molecule has 48 heavy (non-hydrogen) atoms. The summed E-state index contributed by atoms with van der Waals surface area (Å²) >= 11 is 0. The lowest BCUT2D eigenvalue weighted by Gasteiger charge is -2.35. The molecule has 0 aromatic heterocycles. The monoisotopic (exact) mass is 662 g/mol. The number of nitrogens with zero attached hydrogens (tertiary/aromatic N) is 2. The van der Waals surface area contributed by atoms with Crippen LogP contribution < -0.4 is 15.4 Å². The maximum Gasteiger partial charge on any atom is 0.321 e. The molecule has 0 bridgehead atoms. The molecule has 0 saturated heterocycles. The highest BCUT2D eigenvalue weighted by Crippen LogP contribution is 2.29. The summed E-state index contributed by atoms with van der Waals surface area (Å²) in [6.07, 6.45) is 1.88. The highest BCUT2D eigenvalue weighted by molar-refractivity contribution is 6.00. The number of rotatable bonds is 8. The number of aliphatic hydroxyl groups excluding tert-OH is 1. The zero-order valence-corrected chi connectivity index (χ0v) is 28.2. The summed E-state index contributed by atoms with van der Waals surface area (Å²) in [7, 11) is 1.66. The number of likely N-dealkylation sites (N-methyl/N-ethyl adjacent to an activating group) is 1. The molecule has 1 aliphatic heterocycles. The van der Waals surface area contributed by atoms with Gasteiger partial charge < -0.3 is 35.0 Å². The Hall–Kier alpha value is -4.48. The zero-order valence-electron chi connectivity index (χ0n) is 28.2. The number of fused-ring (bicyclic) bond motifs is 1. The lowest BCUT2D eigenvalue weighted by Crippen LogP contribution is -2.48. The van der Waals surface area contributed by atoms with Gasteiger partial charge in [-0.2, -0.15) is 0 Å². The van der Waals surface area contributed by atoms with Crippen molar-refractivity contribution in [1.82, 2.24) is 9.80 Å². The first-order valence-electron chi connectivity index (χ1n) is 16.5. The zero-order chi connectivity index (χ0) is 34.6. The van der Waals surface area contributed by atoms with Crippen molar-refractivity contribution in [3.05, 3.63) is 89.7 Å². The summed E-state index contributed by atoms with van der Waals surface area (Å²) in [5.41, 5.74) is 2.07. The van der Waals surface area contributed by atoms with E-state index in [1.165, 1.54) is 29.2 Å². The number of hydrogen-bond donors (Lipinski definition) is 3. The molecular weight excluding hydrogens is 615 g/mol. The molecule has 3 aromatic carbocycles. The van der Waals surface area contributed by atoms with E-state index in [-0.39, 0.29) is 61.5 Å². The lowest BCUT2D eigenvalue weighted by atomic mass is 10.0. The highest BCUT2D eigenvalue weighted by atomic mass is 19.1. The molecule has 0 aliphatic carbocycles. The SMILES string of the molecule is C[C@@H]1CN([C@H](C)CO)C(=O)c2cc(NC(=O)Cc3ccccc3)ccc2O[C@@H](C)CCCCO[C@H]1CN(C)C(=O)Nc1ccc(F)cc1. The molecular formula is C37H47FN4O6. The number of amides is 4. The van der Waals surface area contributed by atoms with Crippen LogP contribution >= 0.6 is 0 Å². The largest absolute Gasteiger partial charge is 0.490 e. The van der Waals surface area contributed by atoms with E-state index in [0.29, 0.717) is 23.7 Å². The van der Waals surface area contributed by atoms with E-state index in [0.717, 1.165) is 24.8 Å². The number of halogens is 1. The summed E-state index contributed by atoms with van der Waals surface area (Å²) in [5, 5.41) is 15.9. The molecule has 4 amide bonds. The molecule has 0 unspecified atom stereocenters. The molecule has 0 radical (unpaired) electrons. The van der Waals surface area contributed by atoms with Gasteiger partial charge in [0.1, 0.15) is 11.6 Å². The number of urea groups is 1. The van der Waals surface area contributed by atoms with Gasteiger partial charge in [0.25, 0.3) is 5.91 Å². The molecule has 258 valence electrons. The van der Waals surface area contributed by atoms with E-state index >= 15 is 0 Å². The Morgan fingerprint density at radius 2 is 1.73 bits per heavy atom. The molecule has 1 heterocycles. The van der Waals surface area contributed by atoms with Gasteiger partial charge in [0.05, 0.1) is 36.8 Å². The van der Waals surface area contributed by atoms with E-state index < -0.39 is 18.0 Å². The number of anilines is 2. The van der Waals surface area contributed by atoms with Crippen LogP contribution in [0.25, 0.3) is 0 Å². The van der Waals surface area contributed by atoms with Crippen molar-refractivity contribution in [1.29, 1.82) is 0 Å². The molecule has 3 N–H and O–H groups in total. The van der Waals surface area contributed by atoms with Crippen LogP contribution in [0.1, 0.15) is 56.0 Å². The van der Waals surface area contributed by atoms with E-state index in [9.17, 15) is 23.9 Å². The number of carbonyl (C=O) groups excluding carboxylic acids is 3. The van der Waals surface area contributed by atoms with Crippen molar-refractivity contribution in [2.45, 2.75) is 64.7 Å². The summed E-state index contributed by atoms with van der Waals surface area (Å²) in [6, 6.07) is 19.1. The van der Waals surface area contributed by atoms with Crippen molar-refractivity contribution in [2.24, 2.45) is 5.92 Å². The molecule has 1 aliphatic rings. The van der Waals surface area contributed by atoms with E-state index in [1.54, 1.807) is 37.1 Å². The van der Waals surface area contributed by atoms with Crippen molar-refractivity contribution < 1.29 is 33.4 Å². The van der Waals surface area contributed by atoms with Crippen LogP contribution in [0.3, 0.4) is 0 Å². The van der Waals surface area contributed by atoms with E-state index in [2.05, 4.69) is 10.6 Å². The average molecular weight is 663 g/mol. The normalized spacial score (nSPS) is 19.7. The van der Waals surface area contributed by atoms with Crippen LogP contribution in [0.4, 0.5) is 20.6 Å². The number of benzene rings is 3. The van der Waals surface area contributed by atoms with E-state index in [4.69, 9.17) is 9.47 Å². The first kappa shape index (κ1) is 36.4. The summed E-state index contributed by atoms with van der Waals surface area (Å²) in [5.74, 6) is -0.817. The minimum Gasteiger partial charge on any atom is -0.490 e. The van der Waals surface area contributed by atoms with Crippen molar-refractivity contribution in [2.75, 3.05) is 44.0 Å². The molecule has 11 heteroatoms. The molecule has 0 spiro atoms. The predicted molar refractivity (Wildman–Crippen MR) is 184 cm³/mol. The second-order valence-electron chi connectivity index (χ2n) is 12.5. The molecule has 4 atom stereocenters. The topological polar surface area (TPSA) is 120 Å². The van der Waals surface area contributed by atoms with Gasteiger partial charge in [0.2, 0.25) is 5.91 Å². The van der Waals surface area contributed by atoms with Crippen molar-refractivity contribution in [3.8, 4) is 5.75 Å². The molecule has 3 aromatic rings. The Labute approximate surface area is 282 Å². The van der Waals surface area contributed by atoms with Crippen LogP contribution in [0.2, 0.25) is 0 Å². The van der Waals surface area contributed by atoms with Gasteiger partial charge in [0.15, 0.2) is 0 Å². The van der Waals surface area contributed by atoms with Gasteiger partial charge in [-0.15, -0.1) is 0 Å². The summed E-state index contributed by atoms with van der Waals surface area (Å²) < 4.78 is 26.0. The smallest absolute Gasteiger partial charge is 0.321 e. The minimum atomic E-state index is -0.547. The van der Waals surface area contributed by atoms with Gasteiger partial charge in [-0.3, -0.25) is 9.59 Å². The fraction of sp³-hybridized carbons (Fsp3) is 0.432. The summed E-state index contributed by atoms with van der Waals surface area (Å²) in [6.45, 7) is 6.30. The summed E-state index contributed by atoms with van der Waals surface area (Å²) in [4.78, 5) is 43.3. The third kappa shape index (κ3) is 10.5. The third-order valence-electron chi connectivity index (χ3n) is 8.44. The Morgan fingerprint density at radius 1 is 1.02 bits per heavy atom. The van der Waals surface area contributed by atoms with E-state index in [1.807, 2.05) is 44.2 Å². The predicted octanol–water partition coefficient (Wildman–Crippen LogP) is 5.97. The van der Waals surface area contributed by atoms with Crippen LogP contribution in [0.15, 0.2) is 72.8 Å². The molecule has 0 saturated carbocycles. The van der Waals surface area contributed by atoms with Crippen LogP contribution in [-0.2, 0) is 16.0 Å². The van der Waals surface area contributed by atoms with Gasteiger partial charge >= 0.3 is 6.03 Å². The Kier molecular flexibility index (Phi) is 13.3.